The zero-order valence-electron chi connectivity index (χ0n) is 13.1. The number of nitro benzene ring substituents is 1. The van der Waals surface area contributed by atoms with Crippen LogP contribution in [0.2, 0.25) is 0 Å². The molecule has 138 valence electrons. The minimum absolute atomic E-state index is 0.0673. The summed E-state index contributed by atoms with van der Waals surface area (Å²) in [5.41, 5.74) is -0.0673. The van der Waals surface area contributed by atoms with Crippen LogP contribution in [0.5, 0.6) is 5.75 Å². The van der Waals surface area contributed by atoms with Crippen LogP contribution in [0.3, 0.4) is 0 Å². The molecule has 25 heavy (non-hydrogen) atoms. The van der Waals surface area contributed by atoms with Crippen molar-refractivity contribution in [2.24, 2.45) is 11.8 Å². The van der Waals surface area contributed by atoms with Gasteiger partial charge in [-0.1, -0.05) is 0 Å². The van der Waals surface area contributed by atoms with Gasteiger partial charge in [-0.15, -0.1) is 0 Å². The van der Waals surface area contributed by atoms with Gasteiger partial charge in [-0.2, -0.15) is 13.2 Å². The molecule has 0 bridgehead atoms. The monoisotopic (exact) mass is 362 g/mol. The van der Waals surface area contributed by atoms with Crippen molar-refractivity contribution in [3.8, 4) is 5.75 Å². The van der Waals surface area contributed by atoms with Crippen molar-refractivity contribution in [1.82, 2.24) is 4.90 Å². The molecule has 1 N–H and O–H groups in total. The van der Waals surface area contributed by atoms with Crippen molar-refractivity contribution in [1.29, 1.82) is 0 Å². The minimum atomic E-state index is -4.53. The van der Waals surface area contributed by atoms with E-state index in [4.69, 9.17) is 9.84 Å². The van der Waals surface area contributed by atoms with E-state index in [9.17, 15) is 28.1 Å². The topological polar surface area (TPSA) is 92.9 Å². The van der Waals surface area contributed by atoms with Crippen LogP contribution >= 0.6 is 0 Å². The highest BCUT2D eigenvalue weighted by Gasteiger charge is 2.52. The quantitative estimate of drug-likeness (QED) is 0.455. The number of hydrogen-bond acceptors (Lipinski definition) is 5. The number of nitro groups is 1. The third-order valence-corrected chi connectivity index (χ3v) is 4.07. The van der Waals surface area contributed by atoms with Gasteiger partial charge in [0.15, 0.2) is 0 Å². The molecule has 1 saturated heterocycles. The number of nitrogens with zero attached hydrogens (tertiary/aromatic N) is 2. The minimum Gasteiger partial charge on any atom is -0.494 e. The molecular formula is C15H17F3N2O5. The predicted octanol–water partition coefficient (Wildman–Crippen LogP) is 2.56. The maximum absolute atomic E-state index is 12.9. The first kappa shape index (κ1) is 19.0. The van der Waals surface area contributed by atoms with Crippen LogP contribution in [-0.2, 0) is 4.79 Å². The lowest BCUT2D eigenvalue weighted by atomic mass is 9.96. The number of halogens is 3. The van der Waals surface area contributed by atoms with E-state index in [-0.39, 0.29) is 31.9 Å². The van der Waals surface area contributed by atoms with Crippen LogP contribution in [-0.4, -0.2) is 53.3 Å². The van der Waals surface area contributed by atoms with Gasteiger partial charge in [0.2, 0.25) is 0 Å². The molecule has 2 atom stereocenters. The second-order valence-electron chi connectivity index (χ2n) is 5.81. The third kappa shape index (κ3) is 5.05. The Morgan fingerprint density at radius 2 is 1.96 bits per heavy atom. The van der Waals surface area contributed by atoms with E-state index in [0.29, 0.717) is 12.2 Å². The summed E-state index contributed by atoms with van der Waals surface area (Å²) in [6.45, 7) is 0.0150. The van der Waals surface area contributed by atoms with Crippen molar-refractivity contribution in [2.45, 2.75) is 12.6 Å². The maximum Gasteiger partial charge on any atom is 0.393 e. The number of likely N-dealkylation sites (tertiary alicyclic amines) is 1. The highest BCUT2D eigenvalue weighted by atomic mass is 19.4. The molecule has 2 rings (SSSR count). The second kappa shape index (κ2) is 7.68. The summed E-state index contributed by atoms with van der Waals surface area (Å²) < 4.78 is 44.0. The van der Waals surface area contributed by atoms with Crippen LogP contribution in [0.15, 0.2) is 24.3 Å². The molecule has 0 amide bonds. The molecule has 7 nitrogen and oxygen atoms in total. The lowest BCUT2D eigenvalue weighted by molar-refractivity contribution is -0.384. The number of benzene rings is 1. The SMILES string of the molecule is O=C(O)[C@@H]1CN(CCCOc2ccc([N+](=O)[O-])cc2)C[C@H]1C(F)(F)F. The number of hydrogen-bond donors (Lipinski definition) is 1. The first-order chi connectivity index (χ1) is 11.7. The van der Waals surface area contributed by atoms with Crippen LogP contribution in [0.4, 0.5) is 18.9 Å². The van der Waals surface area contributed by atoms with Crippen LogP contribution in [0.25, 0.3) is 0 Å². The number of alkyl halides is 3. The summed E-state index contributed by atoms with van der Waals surface area (Å²) in [6.07, 6.45) is -4.12. The first-order valence-electron chi connectivity index (χ1n) is 7.57. The van der Waals surface area contributed by atoms with Crippen molar-refractivity contribution < 1.29 is 32.7 Å². The summed E-state index contributed by atoms with van der Waals surface area (Å²) in [6, 6.07) is 5.46. The second-order valence-corrected chi connectivity index (χ2v) is 5.81. The van der Waals surface area contributed by atoms with Gasteiger partial charge in [-0.3, -0.25) is 14.9 Å². The molecule has 1 fully saturated rings. The number of non-ortho nitro benzene ring substituents is 1. The largest absolute Gasteiger partial charge is 0.494 e. The van der Waals surface area contributed by atoms with Crippen molar-refractivity contribution >= 4 is 11.7 Å². The molecule has 0 aromatic heterocycles. The average Bonchev–Trinajstić information content (AvgIpc) is 2.97. The van der Waals surface area contributed by atoms with Crippen LogP contribution < -0.4 is 4.74 Å². The van der Waals surface area contributed by atoms with Gasteiger partial charge >= 0.3 is 12.1 Å². The summed E-state index contributed by atoms with van der Waals surface area (Å²) >= 11 is 0. The van der Waals surface area contributed by atoms with Gasteiger partial charge < -0.3 is 14.7 Å². The summed E-state index contributed by atoms with van der Waals surface area (Å²) in [4.78, 5) is 22.5. The van der Waals surface area contributed by atoms with Gasteiger partial charge in [-0.05, 0) is 18.6 Å². The molecule has 1 aliphatic rings. The fraction of sp³-hybridized carbons (Fsp3) is 0.533. The van der Waals surface area contributed by atoms with E-state index in [2.05, 4.69) is 0 Å². The van der Waals surface area contributed by atoms with Crippen molar-refractivity contribution in [3.05, 3.63) is 34.4 Å². The molecule has 0 aliphatic carbocycles. The Morgan fingerprint density at radius 1 is 1.32 bits per heavy atom. The van der Waals surface area contributed by atoms with Gasteiger partial charge in [0, 0.05) is 31.8 Å². The Hall–Kier alpha value is -2.36. The molecular weight excluding hydrogens is 345 g/mol. The fourth-order valence-corrected chi connectivity index (χ4v) is 2.79. The standard InChI is InChI=1S/C15H17F3N2O5/c16-15(17,18)13-9-19(8-12(13)14(21)22)6-1-7-25-11-4-2-10(3-5-11)20(23)24/h2-5,12-13H,1,6-9H2,(H,21,22)/t12-,13-/m1/s1. The molecule has 1 aliphatic heterocycles. The van der Waals surface area contributed by atoms with E-state index < -0.39 is 28.9 Å². The number of carbonyl (C=O) groups is 1. The molecule has 1 aromatic rings. The first-order valence-corrected chi connectivity index (χ1v) is 7.57. The fourth-order valence-electron chi connectivity index (χ4n) is 2.79. The molecule has 0 radical (unpaired) electrons. The van der Waals surface area contributed by atoms with Crippen LogP contribution in [0.1, 0.15) is 6.42 Å². The molecule has 10 heteroatoms. The van der Waals surface area contributed by atoms with Crippen LogP contribution in [0, 0.1) is 22.0 Å². The van der Waals surface area contributed by atoms with E-state index in [1.807, 2.05) is 0 Å². The Balaban J connectivity index is 1.78. The molecule has 1 heterocycles. The number of ether oxygens (including phenoxy) is 1. The maximum atomic E-state index is 12.9. The zero-order chi connectivity index (χ0) is 18.6. The summed E-state index contributed by atoms with van der Waals surface area (Å²) in [7, 11) is 0. The highest BCUT2D eigenvalue weighted by Crippen LogP contribution is 2.37. The molecule has 1 aromatic carbocycles. The van der Waals surface area contributed by atoms with Gasteiger partial charge in [0.05, 0.1) is 23.4 Å². The number of rotatable bonds is 7. The Kier molecular flexibility index (Phi) is 5.83. The van der Waals surface area contributed by atoms with E-state index >= 15 is 0 Å². The Bertz CT molecular complexity index is 621. The van der Waals surface area contributed by atoms with Crippen molar-refractivity contribution in [3.63, 3.8) is 0 Å². The van der Waals surface area contributed by atoms with Gasteiger partial charge in [0.1, 0.15) is 5.75 Å². The average molecular weight is 362 g/mol. The lowest BCUT2D eigenvalue weighted by Gasteiger charge is -2.18. The van der Waals surface area contributed by atoms with E-state index in [1.54, 1.807) is 0 Å². The van der Waals surface area contributed by atoms with Gasteiger partial charge in [0.25, 0.3) is 5.69 Å². The number of carboxylic acids is 1. The van der Waals surface area contributed by atoms with Crippen molar-refractivity contribution in [2.75, 3.05) is 26.2 Å². The predicted molar refractivity (Wildman–Crippen MR) is 80.3 cm³/mol. The number of aliphatic carboxylic acids is 1. The number of carboxylic acid groups (broad SMARTS) is 1. The zero-order valence-corrected chi connectivity index (χ0v) is 13.1. The summed E-state index contributed by atoms with van der Waals surface area (Å²) in [5.74, 6) is -4.33. The summed E-state index contributed by atoms with van der Waals surface area (Å²) in [5, 5.41) is 19.5. The molecule has 0 unspecified atom stereocenters. The van der Waals surface area contributed by atoms with E-state index in [0.717, 1.165) is 0 Å². The van der Waals surface area contributed by atoms with E-state index in [1.165, 1.54) is 29.2 Å². The Morgan fingerprint density at radius 3 is 2.44 bits per heavy atom. The smallest absolute Gasteiger partial charge is 0.393 e. The molecule has 0 saturated carbocycles. The third-order valence-electron chi connectivity index (χ3n) is 4.07. The Labute approximate surface area is 141 Å². The lowest BCUT2D eigenvalue weighted by Crippen LogP contribution is -2.33. The highest BCUT2D eigenvalue weighted by molar-refractivity contribution is 5.71. The van der Waals surface area contributed by atoms with Gasteiger partial charge in [-0.25, -0.2) is 0 Å². The molecule has 0 spiro atoms. The normalized spacial score (nSPS) is 21.2.